The van der Waals surface area contributed by atoms with Gasteiger partial charge < -0.3 is 21.1 Å². The van der Waals surface area contributed by atoms with Crippen molar-refractivity contribution < 1.29 is 19.1 Å². The molecule has 4 N–H and O–H groups in total. The maximum atomic E-state index is 12.7. The zero-order valence-electron chi connectivity index (χ0n) is 17.6. The summed E-state index contributed by atoms with van der Waals surface area (Å²) >= 11 is 0. The largest absolute Gasteiger partial charge is 0.465 e. The minimum atomic E-state index is -0.504. The third-order valence-corrected chi connectivity index (χ3v) is 4.66. The van der Waals surface area contributed by atoms with E-state index in [0.29, 0.717) is 16.8 Å². The minimum absolute atomic E-state index is 0.213. The molecule has 0 radical (unpaired) electrons. The number of aromatic nitrogens is 1. The molecule has 8 heteroatoms. The van der Waals surface area contributed by atoms with Crippen LogP contribution in [0.3, 0.4) is 0 Å². The Morgan fingerprint density at radius 3 is 2.44 bits per heavy atom. The quantitative estimate of drug-likeness (QED) is 0.470. The Hall–Kier alpha value is -4.04. The van der Waals surface area contributed by atoms with Crippen LogP contribution in [0.4, 0.5) is 5.69 Å². The average molecular weight is 432 g/mol. The summed E-state index contributed by atoms with van der Waals surface area (Å²) in [6.07, 6.45) is 3.19. The van der Waals surface area contributed by atoms with Gasteiger partial charge in [0.2, 0.25) is 0 Å². The van der Waals surface area contributed by atoms with Crippen LogP contribution in [-0.2, 0) is 16.1 Å². The number of amides is 2. The molecule has 8 nitrogen and oxygen atoms in total. The Morgan fingerprint density at radius 1 is 0.969 bits per heavy atom. The summed E-state index contributed by atoms with van der Waals surface area (Å²) in [6.45, 7) is 2.00. The zero-order valence-corrected chi connectivity index (χ0v) is 17.6. The number of carbonyl (C=O) groups excluding carboxylic acids is 3. The molecule has 3 rings (SSSR count). The molecule has 0 unspecified atom stereocenters. The number of carbonyl (C=O) groups is 3. The second-order valence-corrected chi connectivity index (χ2v) is 6.83. The smallest absolute Gasteiger partial charge is 0.325 e. The van der Waals surface area contributed by atoms with E-state index in [-0.39, 0.29) is 25.6 Å². The Kier molecular flexibility index (Phi) is 7.66. The fraction of sp³-hybridized carbons (Fsp3) is 0.167. The van der Waals surface area contributed by atoms with Gasteiger partial charge >= 0.3 is 5.97 Å². The molecule has 0 saturated carbocycles. The van der Waals surface area contributed by atoms with E-state index in [4.69, 9.17) is 10.5 Å². The Bertz CT molecular complexity index is 1120. The van der Waals surface area contributed by atoms with E-state index in [2.05, 4.69) is 15.6 Å². The van der Waals surface area contributed by atoms with E-state index in [0.717, 1.165) is 16.7 Å². The number of anilines is 1. The second kappa shape index (κ2) is 10.8. The number of hydrogen-bond donors (Lipinski definition) is 3. The standard InChI is InChI=1S/C24H24N4O4/c1-2-32-22(29)15-27-23(30)17-5-3-4-16(12-17)21-13-18(6-7-19(21)14-25)24(31)28-20-8-10-26-11-9-20/h3-13H,2,14-15,25H2,1H3,(H,27,30)(H,26,28,31). The topological polar surface area (TPSA) is 123 Å². The number of benzene rings is 2. The van der Waals surface area contributed by atoms with Gasteiger partial charge in [-0.3, -0.25) is 19.4 Å². The van der Waals surface area contributed by atoms with Crippen molar-refractivity contribution in [1.29, 1.82) is 0 Å². The van der Waals surface area contributed by atoms with Crippen LogP contribution in [0.1, 0.15) is 33.2 Å². The molecular formula is C24H24N4O4. The Balaban J connectivity index is 1.84. The summed E-state index contributed by atoms with van der Waals surface area (Å²) < 4.78 is 4.82. The average Bonchev–Trinajstić information content (AvgIpc) is 2.83. The first-order chi connectivity index (χ1) is 15.5. The van der Waals surface area contributed by atoms with Crippen LogP contribution in [0, 0.1) is 0 Å². The summed E-state index contributed by atoms with van der Waals surface area (Å²) in [4.78, 5) is 40.6. The van der Waals surface area contributed by atoms with Crippen LogP contribution in [0.2, 0.25) is 0 Å². The van der Waals surface area contributed by atoms with Crippen molar-refractivity contribution in [3.8, 4) is 11.1 Å². The molecule has 0 spiro atoms. The third-order valence-electron chi connectivity index (χ3n) is 4.66. The molecular weight excluding hydrogens is 408 g/mol. The zero-order chi connectivity index (χ0) is 22.9. The number of rotatable bonds is 8. The number of pyridine rings is 1. The van der Waals surface area contributed by atoms with Gasteiger partial charge in [0.1, 0.15) is 6.54 Å². The number of esters is 1. The molecule has 0 bridgehead atoms. The van der Waals surface area contributed by atoms with Crippen LogP contribution in [0.5, 0.6) is 0 Å². The predicted octanol–water partition coefficient (Wildman–Crippen LogP) is 2.75. The maximum absolute atomic E-state index is 12.7. The molecule has 0 fully saturated rings. The van der Waals surface area contributed by atoms with Crippen molar-refractivity contribution in [2.24, 2.45) is 5.73 Å². The molecule has 164 valence electrons. The van der Waals surface area contributed by atoms with Crippen molar-refractivity contribution in [1.82, 2.24) is 10.3 Å². The number of nitrogens with two attached hydrogens (primary N) is 1. The van der Waals surface area contributed by atoms with Gasteiger partial charge in [0.15, 0.2) is 0 Å². The van der Waals surface area contributed by atoms with Crippen LogP contribution in [0.15, 0.2) is 67.0 Å². The van der Waals surface area contributed by atoms with Crippen LogP contribution in [-0.4, -0.2) is 35.9 Å². The lowest BCUT2D eigenvalue weighted by Gasteiger charge is -2.13. The van der Waals surface area contributed by atoms with Gasteiger partial charge in [-0.2, -0.15) is 0 Å². The van der Waals surface area contributed by atoms with Gasteiger partial charge in [0.25, 0.3) is 11.8 Å². The molecule has 3 aromatic rings. The van der Waals surface area contributed by atoms with E-state index >= 15 is 0 Å². The van der Waals surface area contributed by atoms with Crippen molar-refractivity contribution in [3.05, 3.63) is 83.7 Å². The second-order valence-electron chi connectivity index (χ2n) is 6.83. The normalized spacial score (nSPS) is 10.3. The van der Waals surface area contributed by atoms with Crippen LogP contribution < -0.4 is 16.4 Å². The van der Waals surface area contributed by atoms with Crippen molar-refractivity contribution in [3.63, 3.8) is 0 Å². The lowest BCUT2D eigenvalue weighted by molar-refractivity contribution is -0.141. The van der Waals surface area contributed by atoms with Gasteiger partial charge in [0.05, 0.1) is 6.61 Å². The molecule has 0 aliphatic rings. The molecule has 1 aromatic heterocycles. The van der Waals surface area contributed by atoms with E-state index in [1.807, 2.05) is 6.07 Å². The monoisotopic (exact) mass is 432 g/mol. The van der Waals surface area contributed by atoms with Gasteiger partial charge in [-0.15, -0.1) is 0 Å². The first kappa shape index (κ1) is 22.6. The Morgan fingerprint density at radius 2 is 1.72 bits per heavy atom. The summed E-state index contributed by atoms with van der Waals surface area (Å²) in [7, 11) is 0. The fourth-order valence-electron chi connectivity index (χ4n) is 3.10. The summed E-state index contributed by atoms with van der Waals surface area (Å²) in [5, 5.41) is 5.36. The molecule has 0 aliphatic heterocycles. The number of nitrogens with zero attached hydrogens (tertiary/aromatic N) is 1. The van der Waals surface area contributed by atoms with Gasteiger partial charge in [0, 0.05) is 35.8 Å². The first-order valence-electron chi connectivity index (χ1n) is 10.1. The molecule has 1 heterocycles. The summed E-state index contributed by atoms with van der Waals surface area (Å²) in [5.74, 6) is -1.18. The van der Waals surface area contributed by atoms with E-state index in [1.165, 1.54) is 0 Å². The molecule has 2 aromatic carbocycles. The molecule has 0 atom stereocenters. The van der Waals surface area contributed by atoms with Crippen molar-refractivity contribution in [2.75, 3.05) is 18.5 Å². The van der Waals surface area contributed by atoms with Gasteiger partial charge in [-0.05, 0) is 60.0 Å². The number of hydrogen-bond acceptors (Lipinski definition) is 6. The van der Waals surface area contributed by atoms with Gasteiger partial charge in [-0.25, -0.2) is 0 Å². The fourth-order valence-corrected chi connectivity index (χ4v) is 3.10. The predicted molar refractivity (Wildman–Crippen MR) is 121 cm³/mol. The highest BCUT2D eigenvalue weighted by Gasteiger charge is 2.14. The maximum Gasteiger partial charge on any atom is 0.325 e. The van der Waals surface area contributed by atoms with Crippen LogP contribution >= 0.6 is 0 Å². The van der Waals surface area contributed by atoms with Crippen molar-refractivity contribution >= 4 is 23.5 Å². The lowest BCUT2D eigenvalue weighted by Crippen LogP contribution is -2.30. The lowest BCUT2D eigenvalue weighted by atomic mass is 9.95. The van der Waals surface area contributed by atoms with E-state index in [9.17, 15) is 14.4 Å². The summed E-state index contributed by atoms with van der Waals surface area (Å²) in [6, 6.07) is 15.6. The molecule has 32 heavy (non-hydrogen) atoms. The van der Waals surface area contributed by atoms with Gasteiger partial charge in [-0.1, -0.05) is 18.2 Å². The Labute approximate surface area is 185 Å². The highest BCUT2D eigenvalue weighted by Crippen LogP contribution is 2.26. The number of nitrogens with one attached hydrogen (secondary N) is 2. The van der Waals surface area contributed by atoms with E-state index in [1.54, 1.807) is 67.8 Å². The molecule has 0 saturated heterocycles. The number of ether oxygens (including phenoxy) is 1. The van der Waals surface area contributed by atoms with Crippen LogP contribution in [0.25, 0.3) is 11.1 Å². The SMILES string of the molecule is CCOC(=O)CNC(=O)c1cccc(-c2cc(C(=O)Nc3ccncc3)ccc2CN)c1. The summed E-state index contributed by atoms with van der Waals surface area (Å²) in [5.41, 5.74) is 9.67. The molecule has 0 aliphatic carbocycles. The third kappa shape index (κ3) is 5.77. The minimum Gasteiger partial charge on any atom is -0.465 e. The van der Waals surface area contributed by atoms with E-state index < -0.39 is 11.9 Å². The molecule has 2 amide bonds. The highest BCUT2D eigenvalue weighted by atomic mass is 16.5. The first-order valence-corrected chi connectivity index (χ1v) is 10.1. The van der Waals surface area contributed by atoms with Crippen molar-refractivity contribution in [2.45, 2.75) is 13.5 Å². The highest BCUT2D eigenvalue weighted by molar-refractivity contribution is 6.05.